The molecule has 0 unspecified atom stereocenters. The van der Waals surface area contributed by atoms with E-state index >= 15 is 0 Å². The summed E-state index contributed by atoms with van der Waals surface area (Å²) < 4.78 is 7.39. The van der Waals surface area contributed by atoms with Gasteiger partial charge in [-0.05, 0) is 31.5 Å². The van der Waals surface area contributed by atoms with E-state index in [1.165, 1.54) is 16.8 Å². The van der Waals surface area contributed by atoms with E-state index in [9.17, 15) is 0 Å². The highest BCUT2D eigenvalue weighted by Crippen LogP contribution is 2.13. The highest BCUT2D eigenvalue weighted by molar-refractivity contribution is 5.28. The molecule has 0 radical (unpaired) electrons. The molecule has 1 N–H and O–H groups in total. The maximum absolute atomic E-state index is 5.49. The summed E-state index contributed by atoms with van der Waals surface area (Å²) in [5.41, 5.74) is 3.67. The van der Waals surface area contributed by atoms with Crippen LogP contribution in [-0.2, 0) is 20.1 Å². The van der Waals surface area contributed by atoms with Gasteiger partial charge in [-0.1, -0.05) is 12.1 Å². The van der Waals surface area contributed by atoms with Crippen LogP contribution in [0.2, 0.25) is 0 Å². The SMILES string of the molecule is CCOc1cccc(CNCc2cnn(C)c2C)c1. The van der Waals surface area contributed by atoms with Crippen molar-refractivity contribution in [3.05, 3.63) is 47.3 Å². The van der Waals surface area contributed by atoms with Crippen LogP contribution in [0.4, 0.5) is 0 Å². The molecule has 0 amide bonds. The molecule has 0 saturated heterocycles. The standard InChI is InChI=1S/C15H21N3O/c1-4-19-15-7-5-6-13(8-15)9-16-10-14-11-17-18(3)12(14)2/h5-8,11,16H,4,9-10H2,1-3H3. The largest absolute Gasteiger partial charge is 0.494 e. The number of nitrogens with zero attached hydrogens (tertiary/aromatic N) is 2. The second-order valence-corrected chi connectivity index (χ2v) is 4.56. The molecule has 102 valence electrons. The fraction of sp³-hybridized carbons (Fsp3) is 0.400. The van der Waals surface area contributed by atoms with Crippen molar-refractivity contribution in [1.29, 1.82) is 0 Å². The van der Waals surface area contributed by atoms with Gasteiger partial charge in [0.05, 0.1) is 12.8 Å². The highest BCUT2D eigenvalue weighted by atomic mass is 16.5. The fourth-order valence-corrected chi connectivity index (χ4v) is 1.97. The average molecular weight is 259 g/mol. The van der Waals surface area contributed by atoms with E-state index in [-0.39, 0.29) is 0 Å². The predicted octanol–water partition coefficient (Wildman–Crippen LogP) is 2.42. The molecule has 0 bridgehead atoms. The van der Waals surface area contributed by atoms with Crippen molar-refractivity contribution in [2.24, 2.45) is 7.05 Å². The Kier molecular flexibility index (Phi) is 4.58. The van der Waals surface area contributed by atoms with Gasteiger partial charge in [0.15, 0.2) is 0 Å². The molecule has 4 heteroatoms. The summed E-state index contributed by atoms with van der Waals surface area (Å²) in [6.45, 7) is 6.44. The molecule has 2 rings (SSSR count). The van der Waals surface area contributed by atoms with Crippen molar-refractivity contribution in [3.63, 3.8) is 0 Å². The van der Waals surface area contributed by atoms with E-state index < -0.39 is 0 Å². The molecule has 0 aliphatic heterocycles. The molecule has 19 heavy (non-hydrogen) atoms. The van der Waals surface area contributed by atoms with Gasteiger partial charge in [0.25, 0.3) is 0 Å². The van der Waals surface area contributed by atoms with Crippen LogP contribution in [0.5, 0.6) is 5.75 Å². The monoisotopic (exact) mass is 259 g/mol. The van der Waals surface area contributed by atoms with Crippen molar-refractivity contribution in [1.82, 2.24) is 15.1 Å². The molecule has 0 saturated carbocycles. The Labute approximate surface area is 114 Å². The smallest absolute Gasteiger partial charge is 0.119 e. The zero-order valence-electron chi connectivity index (χ0n) is 11.8. The number of ether oxygens (including phenoxy) is 1. The number of aryl methyl sites for hydroxylation is 1. The third-order valence-electron chi connectivity index (χ3n) is 3.19. The normalized spacial score (nSPS) is 10.7. The molecular formula is C15H21N3O. The Morgan fingerprint density at radius 2 is 2.16 bits per heavy atom. The van der Waals surface area contributed by atoms with Crippen LogP contribution in [0.3, 0.4) is 0 Å². The summed E-state index contributed by atoms with van der Waals surface area (Å²) in [5.74, 6) is 0.930. The zero-order valence-corrected chi connectivity index (χ0v) is 11.8. The first-order chi connectivity index (χ1) is 9.20. The first-order valence-corrected chi connectivity index (χ1v) is 6.60. The Morgan fingerprint density at radius 3 is 2.84 bits per heavy atom. The molecule has 1 aromatic carbocycles. The maximum atomic E-state index is 5.49. The number of nitrogens with one attached hydrogen (secondary N) is 1. The van der Waals surface area contributed by atoms with Gasteiger partial charge >= 0.3 is 0 Å². The average Bonchev–Trinajstić information content (AvgIpc) is 2.72. The molecule has 4 nitrogen and oxygen atoms in total. The van der Waals surface area contributed by atoms with Gasteiger partial charge in [0, 0.05) is 31.4 Å². The van der Waals surface area contributed by atoms with Crippen molar-refractivity contribution in [3.8, 4) is 5.75 Å². The van der Waals surface area contributed by atoms with Crippen LogP contribution in [0.1, 0.15) is 23.7 Å². The summed E-state index contributed by atoms with van der Waals surface area (Å²) in [4.78, 5) is 0. The van der Waals surface area contributed by atoms with Gasteiger partial charge in [-0.3, -0.25) is 4.68 Å². The van der Waals surface area contributed by atoms with Gasteiger partial charge in [-0.15, -0.1) is 0 Å². The first-order valence-electron chi connectivity index (χ1n) is 6.60. The fourth-order valence-electron chi connectivity index (χ4n) is 1.97. The van der Waals surface area contributed by atoms with E-state index in [2.05, 4.69) is 29.5 Å². The lowest BCUT2D eigenvalue weighted by Crippen LogP contribution is -2.13. The third kappa shape index (κ3) is 3.58. The van der Waals surface area contributed by atoms with Gasteiger partial charge in [0.2, 0.25) is 0 Å². The van der Waals surface area contributed by atoms with Crippen LogP contribution in [0.15, 0.2) is 30.5 Å². The van der Waals surface area contributed by atoms with E-state index in [0.29, 0.717) is 6.61 Å². The lowest BCUT2D eigenvalue weighted by Gasteiger charge is -2.07. The summed E-state index contributed by atoms with van der Waals surface area (Å²) in [6.07, 6.45) is 1.92. The first kappa shape index (κ1) is 13.6. The van der Waals surface area contributed by atoms with Gasteiger partial charge in [-0.25, -0.2) is 0 Å². The van der Waals surface area contributed by atoms with Crippen LogP contribution in [-0.4, -0.2) is 16.4 Å². The number of hydrogen-bond donors (Lipinski definition) is 1. The van der Waals surface area contributed by atoms with Crippen LogP contribution >= 0.6 is 0 Å². The van der Waals surface area contributed by atoms with E-state index in [0.717, 1.165) is 18.8 Å². The van der Waals surface area contributed by atoms with E-state index in [1.54, 1.807) is 0 Å². The number of aromatic nitrogens is 2. The van der Waals surface area contributed by atoms with Gasteiger partial charge < -0.3 is 10.1 Å². The van der Waals surface area contributed by atoms with Crippen molar-refractivity contribution >= 4 is 0 Å². The second kappa shape index (κ2) is 6.38. The van der Waals surface area contributed by atoms with Crippen LogP contribution in [0, 0.1) is 6.92 Å². The number of rotatable bonds is 6. The molecule has 0 aliphatic rings. The van der Waals surface area contributed by atoms with Gasteiger partial charge in [-0.2, -0.15) is 5.10 Å². The van der Waals surface area contributed by atoms with E-state index in [1.807, 2.05) is 37.0 Å². The quantitative estimate of drug-likeness (QED) is 0.866. The second-order valence-electron chi connectivity index (χ2n) is 4.56. The lowest BCUT2D eigenvalue weighted by atomic mass is 10.2. The predicted molar refractivity (Wildman–Crippen MR) is 76.1 cm³/mol. The van der Waals surface area contributed by atoms with Crippen LogP contribution in [0.25, 0.3) is 0 Å². The molecule has 0 atom stereocenters. The van der Waals surface area contributed by atoms with Crippen LogP contribution < -0.4 is 10.1 Å². The molecule has 1 heterocycles. The molecule has 1 aromatic heterocycles. The third-order valence-corrected chi connectivity index (χ3v) is 3.19. The molecule has 0 spiro atoms. The lowest BCUT2D eigenvalue weighted by molar-refractivity contribution is 0.340. The summed E-state index contributed by atoms with van der Waals surface area (Å²) in [7, 11) is 1.96. The van der Waals surface area contributed by atoms with Crippen molar-refractivity contribution in [2.75, 3.05) is 6.61 Å². The van der Waals surface area contributed by atoms with Crippen molar-refractivity contribution in [2.45, 2.75) is 26.9 Å². The molecule has 0 aliphatic carbocycles. The highest BCUT2D eigenvalue weighted by Gasteiger charge is 2.03. The Bertz CT molecular complexity index is 534. The molecule has 2 aromatic rings. The minimum absolute atomic E-state index is 0.700. The Hall–Kier alpha value is -1.81. The minimum Gasteiger partial charge on any atom is -0.494 e. The summed E-state index contributed by atoms with van der Waals surface area (Å²) in [6, 6.07) is 8.19. The Balaban J connectivity index is 1.88. The molecular weight excluding hydrogens is 238 g/mol. The summed E-state index contributed by atoms with van der Waals surface area (Å²) >= 11 is 0. The summed E-state index contributed by atoms with van der Waals surface area (Å²) in [5, 5.41) is 7.67. The molecule has 0 fully saturated rings. The zero-order chi connectivity index (χ0) is 13.7. The van der Waals surface area contributed by atoms with Crippen molar-refractivity contribution < 1.29 is 4.74 Å². The maximum Gasteiger partial charge on any atom is 0.119 e. The van der Waals surface area contributed by atoms with E-state index in [4.69, 9.17) is 4.74 Å². The number of hydrogen-bond acceptors (Lipinski definition) is 3. The topological polar surface area (TPSA) is 39.1 Å². The Morgan fingerprint density at radius 1 is 1.32 bits per heavy atom. The minimum atomic E-state index is 0.700. The van der Waals surface area contributed by atoms with Gasteiger partial charge in [0.1, 0.15) is 5.75 Å². The number of benzene rings is 1.